The smallest absolute Gasteiger partial charge is 0.320 e. The maximum atomic E-state index is 13.5. The number of carbonyl (C=O) groups excluding carboxylic acids is 1. The lowest BCUT2D eigenvalue weighted by molar-refractivity contribution is -0.119. The van der Waals surface area contributed by atoms with Crippen LogP contribution in [0.3, 0.4) is 0 Å². The summed E-state index contributed by atoms with van der Waals surface area (Å²) in [7, 11) is 0. The van der Waals surface area contributed by atoms with Gasteiger partial charge in [0.2, 0.25) is 11.8 Å². The molecule has 0 radical (unpaired) electrons. The molecule has 0 aromatic carbocycles. The quantitative estimate of drug-likeness (QED) is 0.561. The first-order chi connectivity index (χ1) is 16.1. The van der Waals surface area contributed by atoms with E-state index in [2.05, 4.69) is 30.5 Å². The molecular formula is C22H25F2N7O2. The van der Waals surface area contributed by atoms with Crippen LogP contribution in [0, 0.1) is 5.92 Å². The summed E-state index contributed by atoms with van der Waals surface area (Å²) >= 11 is 0. The number of fused-ring (bicyclic) bond motifs is 1. The number of nitrogens with one attached hydrogen (secondary N) is 2. The fourth-order valence-corrected chi connectivity index (χ4v) is 4.23. The van der Waals surface area contributed by atoms with Crippen molar-refractivity contribution in [2.45, 2.75) is 19.4 Å². The first-order valence-electron chi connectivity index (χ1n) is 11.1. The minimum Gasteiger partial charge on any atom is -0.476 e. The van der Waals surface area contributed by atoms with E-state index in [1.165, 1.54) is 0 Å². The first-order valence-corrected chi connectivity index (χ1v) is 11.1. The van der Waals surface area contributed by atoms with Crippen molar-refractivity contribution in [1.82, 2.24) is 30.2 Å². The Balaban J connectivity index is 1.41. The standard InChI is InChI=1S/C22H25F2N7O2/c23-22(24)31-13-28-17-10-16(15-1-2-18(26-12-15)30-6-4-25-5-7-30)29-21(20(17)31)33-8-3-14-9-19(32)27-11-14/h1-2,10,12-14,22,25H,3-9,11H2,(H,27,32)/t14-/m1/s1. The molecule has 0 saturated carbocycles. The van der Waals surface area contributed by atoms with E-state index in [9.17, 15) is 13.6 Å². The topological polar surface area (TPSA) is 97.2 Å². The monoisotopic (exact) mass is 457 g/mol. The van der Waals surface area contributed by atoms with Crippen LogP contribution in [-0.4, -0.2) is 64.8 Å². The molecule has 2 aliphatic heterocycles. The minimum absolute atomic E-state index is 0.0232. The number of amides is 1. The zero-order valence-corrected chi connectivity index (χ0v) is 18.0. The van der Waals surface area contributed by atoms with Crippen LogP contribution in [0.2, 0.25) is 0 Å². The number of anilines is 1. The van der Waals surface area contributed by atoms with Gasteiger partial charge in [0.05, 0.1) is 17.8 Å². The highest BCUT2D eigenvalue weighted by Gasteiger charge is 2.23. The molecule has 2 N–H and O–H groups in total. The van der Waals surface area contributed by atoms with E-state index >= 15 is 0 Å². The molecule has 0 bridgehead atoms. The summed E-state index contributed by atoms with van der Waals surface area (Å²) in [5.41, 5.74) is 1.82. The van der Waals surface area contributed by atoms with E-state index in [0.717, 1.165) is 48.5 Å². The van der Waals surface area contributed by atoms with E-state index in [0.29, 0.717) is 30.6 Å². The third-order valence-electron chi connectivity index (χ3n) is 6.04. The molecule has 0 spiro atoms. The van der Waals surface area contributed by atoms with Crippen LogP contribution in [0.25, 0.3) is 22.3 Å². The van der Waals surface area contributed by atoms with Crippen LogP contribution < -0.4 is 20.3 Å². The van der Waals surface area contributed by atoms with Crippen molar-refractivity contribution in [3.05, 3.63) is 30.7 Å². The number of hydrogen-bond donors (Lipinski definition) is 2. The van der Waals surface area contributed by atoms with Crippen LogP contribution in [0.15, 0.2) is 30.7 Å². The van der Waals surface area contributed by atoms with Gasteiger partial charge in [0.1, 0.15) is 17.7 Å². The van der Waals surface area contributed by atoms with Crippen LogP contribution in [0.5, 0.6) is 5.88 Å². The number of pyridine rings is 2. The molecule has 1 amide bonds. The van der Waals surface area contributed by atoms with E-state index in [-0.39, 0.29) is 29.8 Å². The average molecular weight is 457 g/mol. The van der Waals surface area contributed by atoms with Crippen molar-refractivity contribution in [3.8, 4) is 17.1 Å². The van der Waals surface area contributed by atoms with Gasteiger partial charge in [-0.15, -0.1) is 0 Å². The van der Waals surface area contributed by atoms with Crippen molar-refractivity contribution in [2.24, 2.45) is 5.92 Å². The van der Waals surface area contributed by atoms with Gasteiger partial charge >= 0.3 is 6.55 Å². The molecule has 174 valence electrons. The summed E-state index contributed by atoms with van der Waals surface area (Å²) < 4.78 is 33.7. The molecule has 33 heavy (non-hydrogen) atoms. The summed E-state index contributed by atoms with van der Waals surface area (Å²) in [5.74, 6) is 1.18. The number of alkyl halides is 2. The lowest BCUT2D eigenvalue weighted by Gasteiger charge is -2.28. The Kier molecular flexibility index (Phi) is 6.03. The van der Waals surface area contributed by atoms with Crippen LogP contribution in [0.1, 0.15) is 19.4 Å². The van der Waals surface area contributed by atoms with Gasteiger partial charge in [0.15, 0.2) is 0 Å². The molecule has 5 heterocycles. The number of imidazole rings is 1. The second-order valence-electron chi connectivity index (χ2n) is 8.26. The zero-order chi connectivity index (χ0) is 22.8. The van der Waals surface area contributed by atoms with Gasteiger partial charge in [-0.2, -0.15) is 8.78 Å². The van der Waals surface area contributed by atoms with E-state index in [1.807, 2.05) is 12.1 Å². The van der Waals surface area contributed by atoms with Gasteiger partial charge in [-0.3, -0.25) is 9.36 Å². The largest absolute Gasteiger partial charge is 0.476 e. The fraction of sp³-hybridized carbons (Fsp3) is 0.455. The number of ether oxygens (including phenoxy) is 1. The van der Waals surface area contributed by atoms with Gasteiger partial charge in [-0.25, -0.2) is 15.0 Å². The first kappa shape index (κ1) is 21.5. The highest BCUT2D eigenvalue weighted by molar-refractivity contribution is 5.84. The number of hydrogen-bond acceptors (Lipinski definition) is 7. The molecule has 5 rings (SSSR count). The second-order valence-corrected chi connectivity index (χ2v) is 8.26. The SMILES string of the molecule is O=C1C[C@@H](CCOc2nc(-c3ccc(N4CCNCC4)nc3)cc3ncn(C(F)F)c23)CN1. The fourth-order valence-electron chi connectivity index (χ4n) is 4.23. The summed E-state index contributed by atoms with van der Waals surface area (Å²) in [6.45, 7) is 1.72. The van der Waals surface area contributed by atoms with Crippen molar-refractivity contribution in [1.29, 1.82) is 0 Å². The predicted molar refractivity (Wildman–Crippen MR) is 118 cm³/mol. The van der Waals surface area contributed by atoms with Gasteiger partial charge in [0, 0.05) is 50.9 Å². The maximum absolute atomic E-state index is 13.5. The molecule has 9 nitrogen and oxygen atoms in total. The number of carbonyl (C=O) groups is 1. The van der Waals surface area contributed by atoms with Gasteiger partial charge in [0.25, 0.3) is 0 Å². The molecular weight excluding hydrogens is 432 g/mol. The van der Waals surface area contributed by atoms with Crippen molar-refractivity contribution >= 4 is 22.8 Å². The Hall–Kier alpha value is -3.34. The molecule has 0 unspecified atom stereocenters. The second kappa shape index (κ2) is 9.26. The third kappa shape index (κ3) is 4.58. The Morgan fingerprint density at radius 3 is 2.76 bits per heavy atom. The number of rotatable bonds is 7. The highest BCUT2D eigenvalue weighted by Crippen LogP contribution is 2.32. The Labute approximate surface area is 189 Å². The summed E-state index contributed by atoms with van der Waals surface area (Å²) in [4.78, 5) is 26.9. The number of halogens is 2. The molecule has 11 heteroatoms. The van der Waals surface area contributed by atoms with Crippen molar-refractivity contribution in [2.75, 3.05) is 44.2 Å². The lowest BCUT2D eigenvalue weighted by Crippen LogP contribution is -2.43. The van der Waals surface area contributed by atoms with Crippen molar-refractivity contribution < 1.29 is 18.3 Å². The van der Waals surface area contributed by atoms with Crippen LogP contribution >= 0.6 is 0 Å². The summed E-state index contributed by atoms with van der Waals surface area (Å²) in [5, 5.41) is 6.10. The Morgan fingerprint density at radius 2 is 2.06 bits per heavy atom. The third-order valence-corrected chi connectivity index (χ3v) is 6.04. The normalized spacial score (nSPS) is 18.8. The van der Waals surface area contributed by atoms with E-state index in [4.69, 9.17) is 4.74 Å². The summed E-state index contributed by atoms with van der Waals surface area (Å²) in [6.07, 6.45) is 3.90. The highest BCUT2D eigenvalue weighted by atomic mass is 19.3. The van der Waals surface area contributed by atoms with Crippen LogP contribution in [-0.2, 0) is 4.79 Å². The number of piperazine rings is 1. The zero-order valence-electron chi connectivity index (χ0n) is 18.0. The van der Waals surface area contributed by atoms with Gasteiger partial charge < -0.3 is 20.3 Å². The molecule has 2 saturated heterocycles. The summed E-state index contributed by atoms with van der Waals surface area (Å²) in [6, 6.07) is 5.53. The van der Waals surface area contributed by atoms with E-state index < -0.39 is 6.55 Å². The molecule has 2 aliphatic rings. The molecule has 3 aromatic heterocycles. The van der Waals surface area contributed by atoms with Crippen LogP contribution in [0.4, 0.5) is 14.6 Å². The molecule has 0 aliphatic carbocycles. The van der Waals surface area contributed by atoms with Gasteiger partial charge in [-0.1, -0.05) is 0 Å². The average Bonchev–Trinajstić information content (AvgIpc) is 3.46. The lowest BCUT2D eigenvalue weighted by atomic mass is 10.1. The predicted octanol–water partition coefficient (Wildman–Crippen LogP) is 2.20. The molecule has 2 fully saturated rings. The number of aromatic nitrogens is 4. The Bertz CT molecular complexity index is 1130. The maximum Gasteiger partial charge on any atom is 0.320 e. The van der Waals surface area contributed by atoms with Gasteiger partial charge in [-0.05, 0) is 30.5 Å². The van der Waals surface area contributed by atoms with Crippen molar-refractivity contribution in [3.63, 3.8) is 0 Å². The number of nitrogens with zero attached hydrogens (tertiary/aromatic N) is 5. The van der Waals surface area contributed by atoms with E-state index in [1.54, 1.807) is 12.3 Å². The Morgan fingerprint density at radius 1 is 1.21 bits per heavy atom. The minimum atomic E-state index is -2.76. The molecule has 1 atom stereocenters. The molecule has 3 aromatic rings.